The molecular weight excluding hydrogens is 348 g/mol. The second kappa shape index (κ2) is 6.90. The van der Waals surface area contributed by atoms with Gasteiger partial charge in [0.1, 0.15) is 5.75 Å². The van der Waals surface area contributed by atoms with Crippen molar-refractivity contribution in [3.8, 4) is 16.9 Å². The lowest BCUT2D eigenvalue weighted by Gasteiger charge is -2.26. The van der Waals surface area contributed by atoms with Crippen molar-refractivity contribution in [2.75, 3.05) is 0 Å². The molecule has 0 bridgehead atoms. The summed E-state index contributed by atoms with van der Waals surface area (Å²) in [4.78, 5) is 23.4. The van der Waals surface area contributed by atoms with E-state index in [-0.39, 0.29) is 5.41 Å². The highest BCUT2D eigenvalue weighted by Crippen LogP contribution is 2.50. The zero-order valence-corrected chi connectivity index (χ0v) is 15.3. The van der Waals surface area contributed by atoms with E-state index in [1.807, 2.05) is 55.9 Å². The van der Waals surface area contributed by atoms with E-state index in [2.05, 4.69) is 0 Å². The molecule has 1 aliphatic carbocycles. The quantitative estimate of drug-likeness (QED) is 0.365. The van der Waals surface area contributed by atoms with Crippen molar-refractivity contribution in [2.24, 2.45) is 11.7 Å². The number of carbonyl (C=O) groups is 2. The molecule has 0 aromatic heterocycles. The van der Waals surface area contributed by atoms with E-state index in [1.165, 1.54) is 0 Å². The standard InChI is InChI=1S/C19H22N4O4/c1-19(2,3)14-9-10(26-17(24)22-20)8-13-11-6-4-5-7-12(11)16(15(13)14)27-18(25)23-21/h4-9,16H,20-21H2,1-3H3,(H,22,24)(H,23,25). The number of nitrogens with two attached hydrogens (primary N) is 2. The minimum absolute atomic E-state index is 0.314. The molecule has 6 N–H and O–H groups in total. The summed E-state index contributed by atoms with van der Waals surface area (Å²) >= 11 is 0. The van der Waals surface area contributed by atoms with E-state index in [0.717, 1.165) is 27.8 Å². The number of fused-ring (bicyclic) bond motifs is 3. The van der Waals surface area contributed by atoms with Crippen molar-refractivity contribution in [1.29, 1.82) is 0 Å². The van der Waals surface area contributed by atoms with Crippen LogP contribution in [0, 0.1) is 0 Å². The molecule has 0 heterocycles. The Hall–Kier alpha value is -3.10. The van der Waals surface area contributed by atoms with E-state index < -0.39 is 18.3 Å². The molecule has 0 radical (unpaired) electrons. The van der Waals surface area contributed by atoms with Crippen molar-refractivity contribution in [3.05, 3.63) is 53.1 Å². The van der Waals surface area contributed by atoms with Crippen molar-refractivity contribution in [2.45, 2.75) is 32.3 Å². The Labute approximate surface area is 156 Å². The van der Waals surface area contributed by atoms with Gasteiger partial charge < -0.3 is 9.47 Å². The molecule has 2 aromatic rings. The van der Waals surface area contributed by atoms with Crippen LogP contribution in [0.1, 0.15) is 43.6 Å². The molecule has 142 valence electrons. The number of nitrogens with one attached hydrogen (secondary N) is 2. The SMILES string of the molecule is CC(C)(C)c1cc(OC(=O)NN)cc2c1C(OC(=O)NN)c1ccccc1-2. The highest BCUT2D eigenvalue weighted by Gasteiger charge is 2.37. The fourth-order valence-electron chi connectivity index (χ4n) is 3.34. The van der Waals surface area contributed by atoms with Crippen molar-refractivity contribution >= 4 is 12.2 Å². The van der Waals surface area contributed by atoms with E-state index in [0.29, 0.717) is 5.75 Å². The van der Waals surface area contributed by atoms with Crippen LogP contribution < -0.4 is 27.3 Å². The van der Waals surface area contributed by atoms with Crippen LogP contribution in [0.2, 0.25) is 0 Å². The molecule has 8 nitrogen and oxygen atoms in total. The number of benzene rings is 2. The third kappa shape index (κ3) is 3.44. The molecule has 2 amide bonds. The van der Waals surface area contributed by atoms with E-state index in [9.17, 15) is 9.59 Å². The van der Waals surface area contributed by atoms with Crippen molar-refractivity contribution in [3.63, 3.8) is 0 Å². The van der Waals surface area contributed by atoms with E-state index in [4.69, 9.17) is 21.2 Å². The van der Waals surface area contributed by atoms with Crippen LogP contribution >= 0.6 is 0 Å². The third-order valence-electron chi connectivity index (χ3n) is 4.43. The topological polar surface area (TPSA) is 129 Å². The first-order valence-corrected chi connectivity index (χ1v) is 8.39. The summed E-state index contributed by atoms with van der Waals surface area (Å²) in [6.07, 6.45) is -2.12. The van der Waals surface area contributed by atoms with Gasteiger partial charge in [0.05, 0.1) is 0 Å². The van der Waals surface area contributed by atoms with Gasteiger partial charge in [0.25, 0.3) is 0 Å². The summed E-state index contributed by atoms with van der Waals surface area (Å²) in [6, 6.07) is 11.1. The largest absolute Gasteiger partial charge is 0.435 e. The van der Waals surface area contributed by atoms with Crippen LogP contribution in [0.25, 0.3) is 11.1 Å². The lowest BCUT2D eigenvalue weighted by atomic mass is 9.81. The fraction of sp³-hybridized carbons (Fsp3) is 0.263. The normalized spacial score (nSPS) is 14.8. The molecule has 0 aliphatic heterocycles. The van der Waals surface area contributed by atoms with Gasteiger partial charge in [0.15, 0.2) is 6.10 Å². The first kappa shape index (κ1) is 18.7. The Kier molecular flexibility index (Phi) is 4.77. The lowest BCUT2D eigenvalue weighted by Crippen LogP contribution is -2.33. The molecular formula is C19H22N4O4. The van der Waals surface area contributed by atoms with Gasteiger partial charge in [-0.25, -0.2) is 21.3 Å². The number of ether oxygens (including phenoxy) is 2. The Morgan fingerprint density at radius 2 is 1.67 bits per heavy atom. The minimum Gasteiger partial charge on any atom is -0.435 e. The summed E-state index contributed by atoms with van der Waals surface area (Å²) in [5.74, 6) is 10.7. The highest BCUT2D eigenvalue weighted by atomic mass is 16.6. The Bertz CT molecular complexity index is 905. The maximum atomic E-state index is 11.8. The van der Waals surface area contributed by atoms with Crippen LogP contribution in [-0.4, -0.2) is 12.2 Å². The molecule has 0 fully saturated rings. The second-order valence-electron chi connectivity index (χ2n) is 7.23. The van der Waals surface area contributed by atoms with Gasteiger partial charge in [-0.2, -0.15) is 0 Å². The Balaban J connectivity index is 2.24. The zero-order valence-electron chi connectivity index (χ0n) is 15.3. The molecule has 27 heavy (non-hydrogen) atoms. The van der Waals surface area contributed by atoms with Crippen molar-refractivity contribution < 1.29 is 19.1 Å². The number of rotatable bonds is 2. The highest BCUT2D eigenvalue weighted by molar-refractivity contribution is 5.83. The maximum Gasteiger partial charge on any atom is 0.426 e. The number of hydrogen-bond donors (Lipinski definition) is 4. The average Bonchev–Trinajstić information content (AvgIpc) is 2.94. The zero-order chi connectivity index (χ0) is 19.8. The van der Waals surface area contributed by atoms with Crippen LogP contribution in [-0.2, 0) is 10.2 Å². The first-order valence-electron chi connectivity index (χ1n) is 8.39. The summed E-state index contributed by atoms with van der Waals surface area (Å²) in [6.45, 7) is 6.08. The van der Waals surface area contributed by atoms with Gasteiger partial charge >= 0.3 is 12.2 Å². The predicted octanol–water partition coefficient (Wildman–Crippen LogP) is 2.62. The van der Waals surface area contributed by atoms with Crippen LogP contribution in [0.3, 0.4) is 0 Å². The molecule has 1 atom stereocenters. The second-order valence-corrected chi connectivity index (χ2v) is 7.23. The maximum absolute atomic E-state index is 11.8. The summed E-state index contributed by atoms with van der Waals surface area (Å²) < 4.78 is 10.8. The monoisotopic (exact) mass is 370 g/mol. The molecule has 3 rings (SSSR count). The van der Waals surface area contributed by atoms with Crippen LogP contribution in [0.15, 0.2) is 36.4 Å². The number of carbonyl (C=O) groups excluding carboxylic acids is 2. The summed E-state index contributed by atoms with van der Waals surface area (Å²) in [7, 11) is 0. The van der Waals surface area contributed by atoms with Crippen molar-refractivity contribution in [1.82, 2.24) is 10.9 Å². The van der Waals surface area contributed by atoms with Gasteiger partial charge in [0.2, 0.25) is 0 Å². The van der Waals surface area contributed by atoms with Gasteiger partial charge in [-0.15, -0.1) is 0 Å². The summed E-state index contributed by atoms with van der Waals surface area (Å²) in [5.41, 5.74) is 7.92. The average molecular weight is 370 g/mol. The molecule has 8 heteroatoms. The molecule has 0 saturated carbocycles. The van der Waals surface area contributed by atoms with Crippen LogP contribution in [0.4, 0.5) is 9.59 Å². The Morgan fingerprint density at radius 3 is 2.30 bits per heavy atom. The summed E-state index contributed by atoms with van der Waals surface area (Å²) in [5, 5.41) is 0. The lowest BCUT2D eigenvalue weighted by molar-refractivity contribution is 0.118. The molecule has 1 aliphatic rings. The number of hydrazine groups is 2. The minimum atomic E-state index is -0.767. The van der Waals surface area contributed by atoms with Gasteiger partial charge in [0, 0.05) is 11.1 Å². The fourth-order valence-corrected chi connectivity index (χ4v) is 3.34. The van der Waals surface area contributed by atoms with Gasteiger partial charge in [-0.3, -0.25) is 10.9 Å². The smallest absolute Gasteiger partial charge is 0.426 e. The predicted molar refractivity (Wildman–Crippen MR) is 99.6 cm³/mol. The molecule has 0 saturated heterocycles. The number of amides is 2. The molecule has 0 spiro atoms. The molecule has 1 unspecified atom stereocenters. The Morgan fingerprint density at radius 1 is 1.00 bits per heavy atom. The van der Waals surface area contributed by atoms with E-state index in [1.54, 1.807) is 12.1 Å². The van der Waals surface area contributed by atoms with Crippen LogP contribution in [0.5, 0.6) is 5.75 Å². The number of hydrogen-bond acceptors (Lipinski definition) is 6. The third-order valence-corrected chi connectivity index (χ3v) is 4.43. The van der Waals surface area contributed by atoms with Gasteiger partial charge in [-0.1, -0.05) is 45.0 Å². The first-order chi connectivity index (χ1) is 12.8. The molecule has 2 aromatic carbocycles. The van der Waals surface area contributed by atoms with E-state index >= 15 is 0 Å². The van der Waals surface area contributed by atoms with Gasteiger partial charge in [-0.05, 0) is 34.2 Å².